The molecule has 8 heteroatoms. The van der Waals surface area contributed by atoms with E-state index in [1.165, 1.54) is 37.3 Å². The highest BCUT2D eigenvalue weighted by Gasteiger charge is 2.36. The second-order valence-electron chi connectivity index (χ2n) is 6.12. The minimum absolute atomic E-state index is 0.00575. The van der Waals surface area contributed by atoms with E-state index in [9.17, 15) is 26.7 Å². The molecule has 2 aromatic carbocycles. The summed E-state index contributed by atoms with van der Waals surface area (Å²) in [7, 11) is 3.02. The maximum absolute atomic E-state index is 13.7. The van der Waals surface area contributed by atoms with Gasteiger partial charge in [0, 0.05) is 26.2 Å². The number of halogens is 5. The van der Waals surface area contributed by atoms with Crippen LogP contribution in [0.5, 0.6) is 0 Å². The van der Waals surface area contributed by atoms with Crippen molar-refractivity contribution in [2.45, 2.75) is 19.0 Å². The minimum Gasteiger partial charge on any atom is -0.272 e. The summed E-state index contributed by atoms with van der Waals surface area (Å²) in [5.41, 5.74) is -1.61. The van der Waals surface area contributed by atoms with Crippen LogP contribution in [0.25, 0.3) is 0 Å². The third kappa shape index (κ3) is 5.03. The van der Waals surface area contributed by atoms with Gasteiger partial charge in [0.15, 0.2) is 0 Å². The smallest absolute Gasteiger partial charge is 0.272 e. The van der Waals surface area contributed by atoms with Crippen LogP contribution >= 0.6 is 0 Å². The zero-order chi connectivity index (χ0) is 20.2. The molecule has 0 fully saturated rings. The molecule has 0 unspecified atom stereocenters. The van der Waals surface area contributed by atoms with E-state index in [0.717, 1.165) is 29.3 Å². The molecule has 0 saturated carbocycles. The van der Waals surface area contributed by atoms with Gasteiger partial charge in [-0.15, -0.1) is 0 Å². The maximum Gasteiger partial charge on any atom is 0.417 e. The molecule has 0 heterocycles. The van der Waals surface area contributed by atoms with Crippen LogP contribution < -0.4 is 0 Å². The second kappa shape index (κ2) is 8.47. The lowest BCUT2D eigenvalue weighted by Crippen LogP contribution is -2.43. The Hall–Kier alpha value is -2.48. The minimum atomic E-state index is -4.67. The van der Waals surface area contributed by atoms with Crippen molar-refractivity contribution in [3.8, 4) is 0 Å². The molecule has 0 aliphatic heterocycles. The molecule has 146 valence electrons. The first-order valence-electron chi connectivity index (χ1n) is 8.21. The van der Waals surface area contributed by atoms with Gasteiger partial charge in [0.25, 0.3) is 5.91 Å². The molecular formula is C19H19F5N2O. The first kappa shape index (κ1) is 20.8. The van der Waals surface area contributed by atoms with Gasteiger partial charge in [-0.3, -0.25) is 9.80 Å². The van der Waals surface area contributed by atoms with Gasteiger partial charge >= 0.3 is 6.18 Å². The van der Waals surface area contributed by atoms with Crippen molar-refractivity contribution >= 4 is 5.91 Å². The van der Waals surface area contributed by atoms with Crippen LogP contribution in [0.1, 0.15) is 27.9 Å². The van der Waals surface area contributed by atoms with Gasteiger partial charge in [0.1, 0.15) is 11.6 Å². The monoisotopic (exact) mass is 386 g/mol. The average molecular weight is 386 g/mol. The van der Waals surface area contributed by atoms with E-state index in [0.29, 0.717) is 0 Å². The van der Waals surface area contributed by atoms with Crippen LogP contribution in [0.4, 0.5) is 22.0 Å². The molecule has 0 spiro atoms. The fourth-order valence-electron chi connectivity index (χ4n) is 2.72. The third-order valence-corrected chi connectivity index (χ3v) is 4.04. The average Bonchev–Trinajstić information content (AvgIpc) is 2.59. The van der Waals surface area contributed by atoms with Gasteiger partial charge < -0.3 is 0 Å². The fraction of sp³-hybridized carbons (Fsp3) is 0.316. The lowest BCUT2D eigenvalue weighted by molar-refractivity contribution is -0.138. The fourth-order valence-corrected chi connectivity index (χ4v) is 2.72. The molecule has 0 atom stereocenters. The molecule has 0 aliphatic rings. The van der Waals surface area contributed by atoms with Gasteiger partial charge in [0.05, 0.1) is 11.1 Å². The summed E-state index contributed by atoms with van der Waals surface area (Å²) >= 11 is 0. The Morgan fingerprint density at radius 3 is 2.11 bits per heavy atom. The molecular weight excluding hydrogens is 367 g/mol. The molecule has 0 aromatic heterocycles. The van der Waals surface area contributed by atoms with Crippen molar-refractivity contribution in [2.24, 2.45) is 0 Å². The number of carbonyl (C=O) groups is 1. The first-order valence-corrected chi connectivity index (χ1v) is 8.21. The second-order valence-corrected chi connectivity index (χ2v) is 6.12. The van der Waals surface area contributed by atoms with E-state index < -0.39 is 34.8 Å². The molecule has 0 bridgehead atoms. The Morgan fingerprint density at radius 2 is 1.56 bits per heavy atom. The molecule has 0 saturated heterocycles. The molecule has 0 aliphatic carbocycles. The van der Waals surface area contributed by atoms with Gasteiger partial charge in [-0.25, -0.2) is 13.8 Å². The number of carbonyl (C=O) groups excluding carboxylic acids is 1. The number of benzene rings is 2. The van der Waals surface area contributed by atoms with E-state index in [4.69, 9.17) is 0 Å². The van der Waals surface area contributed by atoms with Crippen LogP contribution in [0.2, 0.25) is 0 Å². The molecule has 1 amide bonds. The van der Waals surface area contributed by atoms with E-state index in [-0.39, 0.29) is 24.9 Å². The highest BCUT2D eigenvalue weighted by atomic mass is 19.4. The van der Waals surface area contributed by atoms with Gasteiger partial charge in [0.2, 0.25) is 0 Å². The highest BCUT2D eigenvalue weighted by Crippen LogP contribution is 2.32. The summed E-state index contributed by atoms with van der Waals surface area (Å²) in [6.45, 7) is 0.00575. The van der Waals surface area contributed by atoms with Crippen molar-refractivity contribution in [3.63, 3.8) is 0 Å². The summed E-state index contributed by atoms with van der Waals surface area (Å²) in [5.74, 6) is -2.22. The van der Waals surface area contributed by atoms with Gasteiger partial charge in [-0.05, 0) is 37.1 Å². The highest BCUT2D eigenvalue weighted by molar-refractivity contribution is 5.95. The molecule has 0 N–H and O–H groups in total. The van der Waals surface area contributed by atoms with Crippen LogP contribution in [-0.2, 0) is 12.6 Å². The van der Waals surface area contributed by atoms with Crippen LogP contribution in [0.3, 0.4) is 0 Å². The Kier molecular flexibility index (Phi) is 6.54. The van der Waals surface area contributed by atoms with E-state index in [2.05, 4.69) is 0 Å². The quantitative estimate of drug-likeness (QED) is 0.538. The van der Waals surface area contributed by atoms with Crippen molar-refractivity contribution < 1.29 is 26.7 Å². The SMILES string of the molecule is CN(C)N(CCCc1c(F)cccc1F)C(=O)c1ccccc1C(F)(F)F. The van der Waals surface area contributed by atoms with Gasteiger partial charge in [-0.1, -0.05) is 18.2 Å². The lowest BCUT2D eigenvalue weighted by atomic mass is 10.1. The van der Waals surface area contributed by atoms with E-state index in [1.54, 1.807) is 0 Å². The normalized spacial score (nSPS) is 11.7. The number of hydrogen-bond donors (Lipinski definition) is 0. The number of alkyl halides is 3. The summed E-state index contributed by atoms with van der Waals surface area (Å²) in [5, 5.41) is 2.47. The molecule has 27 heavy (non-hydrogen) atoms. The molecule has 3 nitrogen and oxygen atoms in total. The first-order chi connectivity index (χ1) is 12.6. The number of hydrazine groups is 1. The zero-order valence-corrected chi connectivity index (χ0v) is 14.9. The van der Waals surface area contributed by atoms with Crippen LogP contribution in [-0.4, -0.2) is 36.6 Å². The summed E-state index contributed by atoms with van der Waals surface area (Å²) in [6.07, 6.45) is -4.48. The third-order valence-electron chi connectivity index (χ3n) is 4.04. The number of hydrogen-bond acceptors (Lipinski definition) is 2. The number of nitrogens with zero attached hydrogens (tertiary/aromatic N) is 2. The topological polar surface area (TPSA) is 23.6 Å². The lowest BCUT2D eigenvalue weighted by Gasteiger charge is -2.30. The standard InChI is InChI=1S/C19H19F5N2O/c1-25(2)26(12-6-8-14-16(20)10-5-11-17(14)21)18(27)13-7-3-4-9-15(13)19(22,23)24/h3-5,7,9-11H,6,8,12H2,1-2H3. The predicted molar refractivity (Wildman–Crippen MR) is 90.8 cm³/mol. The predicted octanol–water partition coefficient (Wildman–Crippen LogP) is 4.54. The van der Waals surface area contributed by atoms with Crippen molar-refractivity contribution in [1.82, 2.24) is 10.0 Å². The van der Waals surface area contributed by atoms with Crippen molar-refractivity contribution in [1.29, 1.82) is 0 Å². The van der Waals surface area contributed by atoms with E-state index >= 15 is 0 Å². The van der Waals surface area contributed by atoms with Gasteiger partial charge in [-0.2, -0.15) is 13.2 Å². The van der Waals surface area contributed by atoms with Crippen molar-refractivity contribution in [2.75, 3.05) is 20.6 Å². The maximum atomic E-state index is 13.7. The Labute approximate surface area is 154 Å². The summed E-state index contributed by atoms with van der Waals surface area (Å²) < 4.78 is 66.9. The molecule has 2 rings (SSSR count). The number of rotatable bonds is 6. The molecule has 2 aromatic rings. The largest absolute Gasteiger partial charge is 0.417 e. The zero-order valence-electron chi connectivity index (χ0n) is 14.9. The Balaban J connectivity index is 2.18. The van der Waals surface area contributed by atoms with Crippen LogP contribution in [0, 0.1) is 11.6 Å². The molecule has 0 radical (unpaired) electrons. The van der Waals surface area contributed by atoms with Crippen LogP contribution in [0.15, 0.2) is 42.5 Å². The Bertz CT molecular complexity index is 785. The summed E-state index contributed by atoms with van der Waals surface area (Å²) in [4.78, 5) is 12.7. The van der Waals surface area contributed by atoms with Crippen molar-refractivity contribution in [3.05, 3.63) is 70.8 Å². The number of amides is 1. The van der Waals surface area contributed by atoms with E-state index in [1.807, 2.05) is 0 Å². The Morgan fingerprint density at radius 1 is 0.963 bits per heavy atom. The summed E-state index contributed by atoms with van der Waals surface area (Å²) in [6, 6.07) is 8.02.